The zero-order valence-electron chi connectivity index (χ0n) is 13.4. The largest absolute Gasteiger partial charge is 0.370 e. The Morgan fingerprint density at radius 2 is 2.05 bits per heavy atom. The third kappa shape index (κ3) is 3.76. The van der Waals surface area contributed by atoms with Crippen molar-refractivity contribution in [3.05, 3.63) is 23.9 Å². The van der Waals surface area contributed by atoms with E-state index in [1.165, 1.54) is 50.6 Å². The van der Waals surface area contributed by atoms with E-state index in [1.54, 1.807) is 0 Å². The highest BCUT2D eigenvalue weighted by molar-refractivity contribution is 5.35. The summed E-state index contributed by atoms with van der Waals surface area (Å²) in [6.07, 6.45) is 11.8. The molecule has 0 spiro atoms. The SMILES string of the molecule is CCCNc1ccc(CN2CCC[C@H]3CCCC[C@H]32)cn1. The number of hydrogen-bond acceptors (Lipinski definition) is 3. The molecule has 0 amide bonds. The maximum atomic E-state index is 4.55. The molecule has 3 nitrogen and oxygen atoms in total. The van der Waals surface area contributed by atoms with Crippen molar-refractivity contribution in [2.45, 2.75) is 64.5 Å². The smallest absolute Gasteiger partial charge is 0.125 e. The summed E-state index contributed by atoms with van der Waals surface area (Å²) in [6.45, 7) is 5.54. The molecule has 21 heavy (non-hydrogen) atoms. The number of nitrogens with zero attached hydrogens (tertiary/aromatic N) is 2. The molecule has 2 fully saturated rings. The molecule has 1 saturated carbocycles. The first kappa shape index (κ1) is 14.8. The summed E-state index contributed by atoms with van der Waals surface area (Å²) in [5, 5.41) is 3.35. The van der Waals surface area contributed by atoms with Crippen molar-refractivity contribution in [2.24, 2.45) is 5.92 Å². The zero-order chi connectivity index (χ0) is 14.5. The van der Waals surface area contributed by atoms with Gasteiger partial charge in [0.05, 0.1) is 0 Å². The van der Waals surface area contributed by atoms with Crippen molar-refractivity contribution >= 4 is 5.82 Å². The Morgan fingerprint density at radius 1 is 1.19 bits per heavy atom. The molecule has 0 bridgehead atoms. The van der Waals surface area contributed by atoms with Crippen molar-refractivity contribution in [3.8, 4) is 0 Å². The summed E-state index contributed by atoms with van der Waals surface area (Å²) in [7, 11) is 0. The second-order valence-corrected chi connectivity index (χ2v) is 6.70. The summed E-state index contributed by atoms with van der Waals surface area (Å²) >= 11 is 0. The van der Waals surface area contributed by atoms with E-state index in [0.29, 0.717) is 0 Å². The van der Waals surface area contributed by atoms with Crippen LogP contribution < -0.4 is 5.32 Å². The number of nitrogens with one attached hydrogen (secondary N) is 1. The molecule has 2 heterocycles. The Labute approximate surface area is 129 Å². The van der Waals surface area contributed by atoms with Gasteiger partial charge in [-0.1, -0.05) is 25.8 Å². The highest BCUT2D eigenvalue weighted by Crippen LogP contribution is 2.35. The van der Waals surface area contributed by atoms with Crippen LogP contribution in [-0.4, -0.2) is 29.0 Å². The summed E-state index contributed by atoms with van der Waals surface area (Å²) in [5.74, 6) is 1.97. The van der Waals surface area contributed by atoms with E-state index in [1.807, 2.05) is 0 Å². The van der Waals surface area contributed by atoms with Crippen LogP contribution in [0.1, 0.15) is 57.4 Å². The second-order valence-electron chi connectivity index (χ2n) is 6.70. The molecule has 1 aliphatic carbocycles. The average molecular weight is 287 g/mol. The molecule has 116 valence electrons. The van der Waals surface area contributed by atoms with E-state index in [4.69, 9.17) is 0 Å². The number of pyridine rings is 1. The predicted octanol–water partition coefficient (Wildman–Crippen LogP) is 4.06. The Bertz CT molecular complexity index is 427. The summed E-state index contributed by atoms with van der Waals surface area (Å²) in [5.41, 5.74) is 1.36. The molecule has 1 saturated heterocycles. The van der Waals surface area contributed by atoms with Gasteiger partial charge in [-0.25, -0.2) is 4.98 Å². The molecule has 2 atom stereocenters. The number of aromatic nitrogens is 1. The molecule has 1 N–H and O–H groups in total. The van der Waals surface area contributed by atoms with Crippen LogP contribution in [0, 0.1) is 5.92 Å². The molecular weight excluding hydrogens is 258 g/mol. The van der Waals surface area contributed by atoms with Crippen molar-refractivity contribution in [1.29, 1.82) is 0 Å². The predicted molar refractivity (Wildman–Crippen MR) is 88.4 cm³/mol. The van der Waals surface area contributed by atoms with Crippen LogP contribution in [0.3, 0.4) is 0 Å². The van der Waals surface area contributed by atoms with Gasteiger partial charge in [-0.05, 0) is 56.2 Å². The molecule has 1 aliphatic heterocycles. The lowest BCUT2D eigenvalue weighted by atomic mass is 9.78. The molecule has 2 aliphatic rings. The summed E-state index contributed by atoms with van der Waals surface area (Å²) in [6, 6.07) is 5.22. The van der Waals surface area contributed by atoms with E-state index < -0.39 is 0 Å². The van der Waals surface area contributed by atoms with E-state index in [9.17, 15) is 0 Å². The molecule has 3 heteroatoms. The van der Waals surface area contributed by atoms with Crippen molar-refractivity contribution in [3.63, 3.8) is 0 Å². The third-order valence-corrected chi connectivity index (χ3v) is 5.12. The summed E-state index contributed by atoms with van der Waals surface area (Å²) in [4.78, 5) is 7.27. The first-order valence-electron chi connectivity index (χ1n) is 8.79. The quantitative estimate of drug-likeness (QED) is 0.885. The Hall–Kier alpha value is -1.09. The lowest BCUT2D eigenvalue weighted by molar-refractivity contribution is 0.0546. The van der Waals surface area contributed by atoms with Crippen LogP contribution in [0.25, 0.3) is 0 Å². The molecule has 0 radical (unpaired) electrons. The van der Waals surface area contributed by atoms with Crippen LogP contribution in [0.4, 0.5) is 5.82 Å². The number of piperidine rings is 1. The van der Waals surface area contributed by atoms with Gasteiger partial charge in [0.25, 0.3) is 0 Å². The average Bonchev–Trinajstić information content (AvgIpc) is 2.55. The monoisotopic (exact) mass is 287 g/mol. The van der Waals surface area contributed by atoms with E-state index in [-0.39, 0.29) is 0 Å². The van der Waals surface area contributed by atoms with Gasteiger partial charge in [-0.3, -0.25) is 4.90 Å². The second kappa shape index (κ2) is 7.26. The number of fused-ring (bicyclic) bond motifs is 1. The lowest BCUT2D eigenvalue weighted by Gasteiger charge is -2.44. The lowest BCUT2D eigenvalue weighted by Crippen LogP contribution is -2.46. The van der Waals surface area contributed by atoms with Gasteiger partial charge in [0.15, 0.2) is 0 Å². The highest BCUT2D eigenvalue weighted by atomic mass is 15.2. The minimum absolute atomic E-state index is 0.838. The number of hydrogen-bond donors (Lipinski definition) is 1. The van der Waals surface area contributed by atoms with Crippen molar-refractivity contribution in [2.75, 3.05) is 18.4 Å². The van der Waals surface area contributed by atoms with Gasteiger partial charge in [-0.2, -0.15) is 0 Å². The molecule has 0 aromatic carbocycles. The van der Waals surface area contributed by atoms with Gasteiger partial charge in [0, 0.05) is 25.3 Å². The maximum Gasteiger partial charge on any atom is 0.125 e. The number of likely N-dealkylation sites (tertiary alicyclic amines) is 1. The first-order chi connectivity index (χ1) is 10.4. The molecule has 0 unspecified atom stereocenters. The van der Waals surface area contributed by atoms with Crippen molar-refractivity contribution < 1.29 is 0 Å². The Balaban J connectivity index is 1.59. The highest BCUT2D eigenvalue weighted by Gasteiger charge is 2.32. The maximum absolute atomic E-state index is 4.55. The van der Waals surface area contributed by atoms with Crippen LogP contribution in [0.15, 0.2) is 18.3 Å². The van der Waals surface area contributed by atoms with E-state index in [2.05, 4.69) is 40.5 Å². The standard InChI is InChI=1S/C18H29N3/c1-2-11-19-18-10-9-15(13-20-18)14-21-12-5-7-16-6-3-4-8-17(16)21/h9-10,13,16-17H,2-8,11-12,14H2,1H3,(H,19,20)/t16-,17-/m1/s1. The van der Waals surface area contributed by atoms with Crippen molar-refractivity contribution in [1.82, 2.24) is 9.88 Å². The van der Waals surface area contributed by atoms with Crippen LogP contribution in [0.2, 0.25) is 0 Å². The van der Waals surface area contributed by atoms with Crippen LogP contribution in [0.5, 0.6) is 0 Å². The fourth-order valence-corrected chi connectivity index (χ4v) is 4.03. The van der Waals surface area contributed by atoms with Gasteiger partial charge in [0.2, 0.25) is 0 Å². The minimum Gasteiger partial charge on any atom is -0.370 e. The Morgan fingerprint density at radius 3 is 2.86 bits per heavy atom. The third-order valence-electron chi connectivity index (χ3n) is 5.12. The minimum atomic E-state index is 0.838. The fourth-order valence-electron chi connectivity index (χ4n) is 4.03. The number of anilines is 1. The van der Waals surface area contributed by atoms with Gasteiger partial charge in [-0.15, -0.1) is 0 Å². The van der Waals surface area contributed by atoms with E-state index >= 15 is 0 Å². The van der Waals surface area contributed by atoms with Crippen LogP contribution in [-0.2, 0) is 6.54 Å². The Kier molecular flexibility index (Phi) is 5.13. The van der Waals surface area contributed by atoms with E-state index in [0.717, 1.165) is 37.3 Å². The zero-order valence-corrected chi connectivity index (χ0v) is 13.4. The first-order valence-corrected chi connectivity index (χ1v) is 8.79. The summed E-state index contributed by atoms with van der Waals surface area (Å²) < 4.78 is 0. The van der Waals surface area contributed by atoms with Gasteiger partial charge < -0.3 is 5.32 Å². The topological polar surface area (TPSA) is 28.2 Å². The van der Waals surface area contributed by atoms with Gasteiger partial charge in [0.1, 0.15) is 5.82 Å². The normalized spacial score (nSPS) is 26.3. The van der Waals surface area contributed by atoms with Crippen LogP contribution >= 0.6 is 0 Å². The number of rotatable bonds is 5. The molecule has 3 rings (SSSR count). The molecular formula is C18H29N3. The molecule has 1 aromatic rings. The fraction of sp³-hybridized carbons (Fsp3) is 0.722. The molecule has 1 aromatic heterocycles. The van der Waals surface area contributed by atoms with Gasteiger partial charge >= 0.3 is 0 Å².